The molecule has 10 nitrogen and oxygen atoms in total. The number of allylic oxidation sites excluding steroid dienone is 1. The summed E-state index contributed by atoms with van der Waals surface area (Å²) in [7, 11) is 2.75. The molecule has 1 aliphatic heterocycles. The predicted octanol–water partition coefficient (Wildman–Crippen LogP) is -0.308. The Bertz CT molecular complexity index is 604. The van der Waals surface area contributed by atoms with Gasteiger partial charge in [-0.15, -0.1) is 4.92 Å². The Labute approximate surface area is 131 Å². The number of nitrogens with zero attached hydrogens (tertiary/aromatic N) is 3. The van der Waals surface area contributed by atoms with Gasteiger partial charge in [-0.05, 0) is 37.7 Å². The zero-order valence-electron chi connectivity index (χ0n) is 12.7. The first kappa shape index (κ1) is 16.9. The van der Waals surface area contributed by atoms with Gasteiger partial charge in [-0.3, -0.25) is 29.8 Å². The van der Waals surface area contributed by atoms with Gasteiger partial charge in [0, 0.05) is 11.3 Å². The number of carbonyl (C=O) groups excluding carboxylic acids is 2. The van der Waals surface area contributed by atoms with E-state index in [-0.39, 0.29) is 19.5 Å². The van der Waals surface area contributed by atoms with Gasteiger partial charge in [0.1, 0.15) is 5.78 Å². The van der Waals surface area contributed by atoms with Gasteiger partial charge in [0.25, 0.3) is 0 Å². The van der Waals surface area contributed by atoms with Gasteiger partial charge in [-0.1, -0.05) is 6.08 Å². The zero-order chi connectivity index (χ0) is 17.4. The van der Waals surface area contributed by atoms with Crippen LogP contribution in [0.25, 0.3) is 0 Å². The van der Waals surface area contributed by atoms with Gasteiger partial charge in [0.15, 0.2) is 6.54 Å². The van der Waals surface area contributed by atoms with Gasteiger partial charge >= 0.3 is 5.97 Å². The number of carbonyl (C=O) groups is 2. The summed E-state index contributed by atoms with van der Waals surface area (Å²) in [4.78, 5) is 46.9. The van der Waals surface area contributed by atoms with E-state index in [1.54, 1.807) is 11.9 Å². The number of ether oxygens (including phenoxy) is 1. The second-order valence-corrected chi connectivity index (χ2v) is 5.96. The Hall–Kier alpha value is -2.49. The molecule has 2 aliphatic rings. The van der Waals surface area contributed by atoms with E-state index in [2.05, 4.69) is 4.74 Å². The van der Waals surface area contributed by atoms with Crippen LogP contribution in [0.4, 0.5) is 0 Å². The van der Waals surface area contributed by atoms with Gasteiger partial charge in [-0.2, -0.15) is 0 Å². The van der Waals surface area contributed by atoms with Gasteiger partial charge in [-0.25, -0.2) is 0 Å². The molecule has 2 unspecified atom stereocenters. The van der Waals surface area contributed by atoms with Crippen molar-refractivity contribution in [2.75, 3.05) is 33.8 Å². The Kier molecular flexibility index (Phi) is 4.12. The number of hydrogen-bond donors (Lipinski definition) is 0. The first-order chi connectivity index (χ1) is 10.7. The monoisotopic (exact) mass is 326 g/mol. The minimum absolute atomic E-state index is 0.0989. The number of fused-ring (bicyclic) bond motifs is 2. The summed E-state index contributed by atoms with van der Waals surface area (Å²) in [5.74, 6) is -1.37. The van der Waals surface area contributed by atoms with Crippen LogP contribution in [0.2, 0.25) is 0 Å². The highest BCUT2D eigenvalue weighted by Crippen LogP contribution is 2.54. The molecular weight excluding hydrogens is 310 g/mol. The summed E-state index contributed by atoms with van der Waals surface area (Å²) in [6.07, 6.45) is 2.07. The van der Waals surface area contributed by atoms with Gasteiger partial charge < -0.3 is 9.64 Å². The molecule has 0 aromatic carbocycles. The molecule has 0 N–H and O–H groups in total. The number of methoxy groups -OCH3 is 1. The number of rotatable bonds is 5. The van der Waals surface area contributed by atoms with Crippen LogP contribution in [0.1, 0.15) is 6.42 Å². The van der Waals surface area contributed by atoms with Crippen LogP contribution in [0.5, 0.6) is 0 Å². The van der Waals surface area contributed by atoms with Crippen molar-refractivity contribution in [3.8, 4) is 0 Å². The van der Waals surface area contributed by atoms with Crippen LogP contribution in [0.15, 0.2) is 12.2 Å². The molecule has 1 heterocycles. The highest BCUT2D eigenvalue weighted by atomic mass is 16.6. The number of ketones is 1. The fourth-order valence-corrected chi connectivity index (χ4v) is 3.65. The number of nitro groups is 2. The molecule has 0 aromatic rings. The maximum absolute atomic E-state index is 12.4. The molecule has 23 heavy (non-hydrogen) atoms. The highest BCUT2D eigenvalue weighted by Gasteiger charge is 2.59. The van der Waals surface area contributed by atoms with Crippen molar-refractivity contribution in [1.82, 2.24) is 4.90 Å². The molecule has 0 radical (unpaired) electrons. The van der Waals surface area contributed by atoms with Crippen molar-refractivity contribution < 1.29 is 24.2 Å². The maximum Gasteiger partial charge on any atom is 0.304 e. The lowest BCUT2D eigenvalue weighted by atomic mass is 9.56. The first-order valence-electron chi connectivity index (χ1n) is 6.80. The van der Waals surface area contributed by atoms with E-state index in [9.17, 15) is 29.8 Å². The van der Waals surface area contributed by atoms with Crippen LogP contribution in [-0.2, 0) is 14.3 Å². The lowest BCUT2D eigenvalue weighted by Crippen LogP contribution is -2.65. The third-order valence-electron chi connectivity index (χ3n) is 4.31. The van der Waals surface area contributed by atoms with Gasteiger partial charge in [0.2, 0.25) is 0 Å². The molecule has 2 atom stereocenters. The summed E-state index contributed by atoms with van der Waals surface area (Å²) >= 11 is 0. The third-order valence-corrected chi connectivity index (χ3v) is 4.31. The van der Waals surface area contributed by atoms with E-state index in [1.165, 1.54) is 6.08 Å². The number of likely N-dealkylation sites (tertiary alicyclic amines) is 1. The van der Waals surface area contributed by atoms with Crippen molar-refractivity contribution in [2.45, 2.75) is 6.42 Å². The van der Waals surface area contributed by atoms with Crippen LogP contribution < -0.4 is 0 Å². The minimum atomic E-state index is -1.87. The Morgan fingerprint density at radius 1 is 1.43 bits per heavy atom. The van der Waals surface area contributed by atoms with Gasteiger partial charge in [0.05, 0.1) is 12.5 Å². The molecule has 0 aromatic heterocycles. The van der Waals surface area contributed by atoms with Crippen LogP contribution in [-0.4, -0.2) is 60.3 Å². The maximum atomic E-state index is 12.4. The molecule has 10 heteroatoms. The summed E-state index contributed by atoms with van der Waals surface area (Å²) in [5, 5.41) is 22.7. The predicted molar refractivity (Wildman–Crippen MR) is 75.2 cm³/mol. The molecule has 0 amide bonds. The van der Waals surface area contributed by atoms with Crippen molar-refractivity contribution in [1.29, 1.82) is 0 Å². The lowest BCUT2D eigenvalue weighted by molar-refractivity contribution is -0.538. The van der Waals surface area contributed by atoms with E-state index in [4.69, 9.17) is 0 Å². The molecule has 1 saturated heterocycles. The molecule has 1 fully saturated rings. The molecule has 2 bridgehead atoms. The Morgan fingerprint density at radius 3 is 2.61 bits per heavy atom. The highest BCUT2D eigenvalue weighted by molar-refractivity contribution is 5.99. The Morgan fingerprint density at radius 2 is 2.09 bits per heavy atom. The SMILES string of the molecule is COC(=O)CC12C=CC(=O)C(C[N+](=O)[O-])(CN(C)C1)[C-]2[N+](=O)[O-]. The average Bonchev–Trinajstić information content (AvgIpc) is 2.41. The molecule has 2 rings (SSSR count). The topological polar surface area (TPSA) is 133 Å². The van der Waals surface area contributed by atoms with Crippen LogP contribution in [0.3, 0.4) is 0 Å². The largest absolute Gasteiger partial charge is 0.469 e. The van der Waals surface area contributed by atoms with E-state index < -0.39 is 45.0 Å². The summed E-state index contributed by atoms with van der Waals surface area (Å²) in [5.41, 5.74) is -3.27. The quantitative estimate of drug-likeness (QED) is 0.291. The Balaban J connectivity index is 2.62. The van der Waals surface area contributed by atoms with Crippen molar-refractivity contribution in [2.24, 2.45) is 10.8 Å². The standard InChI is InChI=1S/C13H16N3O7/c1-14-6-12(5-10(18)23-2)4-3-9(17)13(7-14,8-15(19)20)11(12)16(21)22/h3-4H,5-8H2,1-2H3/q-1. The minimum Gasteiger partial charge on any atom is -0.469 e. The first-order valence-corrected chi connectivity index (χ1v) is 6.80. The van der Waals surface area contributed by atoms with Crippen LogP contribution >= 0.6 is 0 Å². The summed E-state index contributed by atoms with van der Waals surface area (Å²) in [6, 6.07) is -0.488. The third kappa shape index (κ3) is 2.65. The number of hydrogen-bond acceptors (Lipinski definition) is 8. The normalized spacial score (nSPS) is 30.2. The van der Waals surface area contributed by atoms with Crippen LogP contribution in [0, 0.1) is 37.1 Å². The second-order valence-electron chi connectivity index (χ2n) is 5.96. The molecular formula is C13H16N3O7-. The average molecular weight is 326 g/mol. The molecule has 126 valence electrons. The van der Waals surface area contributed by atoms with E-state index >= 15 is 0 Å². The number of esters is 1. The lowest BCUT2D eigenvalue weighted by Gasteiger charge is -2.59. The molecule has 0 spiro atoms. The smallest absolute Gasteiger partial charge is 0.304 e. The summed E-state index contributed by atoms with van der Waals surface area (Å²) in [6.45, 7) is -0.933. The summed E-state index contributed by atoms with van der Waals surface area (Å²) < 4.78 is 4.60. The fourth-order valence-electron chi connectivity index (χ4n) is 3.65. The van der Waals surface area contributed by atoms with E-state index in [1.807, 2.05) is 0 Å². The zero-order valence-corrected chi connectivity index (χ0v) is 12.7. The number of piperidine rings is 1. The van der Waals surface area contributed by atoms with Crippen molar-refractivity contribution in [3.63, 3.8) is 0 Å². The van der Waals surface area contributed by atoms with Crippen molar-refractivity contribution in [3.05, 3.63) is 38.4 Å². The van der Waals surface area contributed by atoms with Crippen molar-refractivity contribution >= 4 is 11.8 Å². The fraction of sp³-hybridized carbons (Fsp3) is 0.615. The molecule has 1 aliphatic carbocycles. The molecule has 0 saturated carbocycles. The van der Waals surface area contributed by atoms with E-state index in [0.29, 0.717) is 0 Å². The second kappa shape index (κ2) is 5.61. The van der Waals surface area contributed by atoms with E-state index in [0.717, 1.165) is 13.2 Å².